The topological polar surface area (TPSA) is 27.7 Å². The molecular weight excluding hydrogens is 216 g/mol. The van der Waals surface area contributed by atoms with Crippen molar-refractivity contribution in [1.29, 1.82) is 0 Å². The molecule has 1 aromatic rings. The number of aryl methyl sites for hydroxylation is 1. The average molecular weight is 236 g/mol. The van der Waals surface area contributed by atoms with E-state index in [9.17, 15) is 0 Å². The molecule has 0 saturated carbocycles. The molecule has 3 nitrogen and oxygen atoms in total. The molecule has 1 unspecified atom stereocenters. The third kappa shape index (κ3) is 4.02. The number of rotatable bonds is 5. The lowest BCUT2D eigenvalue weighted by atomic mass is 10.1. The lowest BCUT2D eigenvalue weighted by Crippen LogP contribution is -2.28. The van der Waals surface area contributed by atoms with Gasteiger partial charge in [-0.25, -0.2) is 0 Å². The Bertz CT molecular complexity index is 332. The van der Waals surface area contributed by atoms with E-state index in [1.807, 2.05) is 12.1 Å². The molecule has 0 amide bonds. The summed E-state index contributed by atoms with van der Waals surface area (Å²) in [5.74, 6) is 0.930. The zero-order chi connectivity index (χ0) is 11.9. The van der Waals surface area contributed by atoms with Gasteiger partial charge in [0.05, 0.1) is 33.0 Å². The van der Waals surface area contributed by atoms with E-state index in [2.05, 4.69) is 12.1 Å². The van der Waals surface area contributed by atoms with E-state index in [1.54, 1.807) is 7.11 Å². The Kier molecular flexibility index (Phi) is 4.83. The summed E-state index contributed by atoms with van der Waals surface area (Å²) in [6.45, 7) is 2.23. The van der Waals surface area contributed by atoms with Crippen molar-refractivity contribution >= 4 is 0 Å². The van der Waals surface area contributed by atoms with Crippen LogP contribution in [-0.2, 0) is 15.9 Å². The monoisotopic (exact) mass is 236 g/mol. The highest BCUT2D eigenvalue weighted by Crippen LogP contribution is 2.16. The molecule has 1 aliphatic heterocycles. The molecule has 2 rings (SSSR count). The first kappa shape index (κ1) is 12.4. The van der Waals surface area contributed by atoms with Gasteiger partial charge in [-0.3, -0.25) is 0 Å². The van der Waals surface area contributed by atoms with E-state index in [-0.39, 0.29) is 6.10 Å². The summed E-state index contributed by atoms with van der Waals surface area (Å²) in [4.78, 5) is 0. The molecular formula is C14H20O3. The highest BCUT2D eigenvalue weighted by molar-refractivity contribution is 5.28. The fraction of sp³-hybridized carbons (Fsp3) is 0.571. The van der Waals surface area contributed by atoms with Crippen LogP contribution in [0, 0.1) is 0 Å². The van der Waals surface area contributed by atoms with Gasteiger partial charge in [-0.1, -0.05) is 12.1 Å². The SMILES string of the molecule is COc1cccc(CCCC2COCCO2)c1. The maximum atomic E-state index is 5.61. The minimum atomic E-state index is 0.286. The van der Waals surface area contributed by atoms with Crippen LogP contribution in [0.2, 0.25) is 0 Å². The van der Waals surface area contributed by atoms with Gasteiger partial charge < -0.3 is 14.2 Å². The van der Waals surface area contributed by atoms with Crippen molar-refractivity contribution in [3.63, 3.8) is 0 Å². The third-order valence-corrected chi connectivity index (χ3v) is 3.01. The Labute approximate surface area is 103 Å². The molecule has 0 bridgehead atoms. The molecule has 1 heterocycles. The largest absolute Gasteiger partial charge is 0.497 e. The van der Waals surface area contributed by atoms with Crippen molar-refractivity contribution in [2.75, 3.05) is 26.9 Å². The van der Waals surface area contributed by atoms with Crippen LogP contribution in [-0.4, -0.2) is 33.0 Å². The second-order valence-electron chi connectivity index (χ2n) is 4.31. The van der Waals surface area contributed by atoms with Crippen LogP contribution in [0.5, 0.6) is 5.75 Å². The molecule has 0 radical (unpaired) electrons. The smallest absolute Gasteiger partial charge is 0.119 e. The Balaban J connectivity index is 1.73. The molecule has 17 heavy (non-hydrogen) atoms. The molecule has 3 heteroatoms. The second-order valence-corrected chi connectivity index (χ2v) is 4.31. The van der Waals surface area contributed by atoms with Crippen molar-refractivity contribution < 1.29 is 14.2 Å². The van der Waals surface area contributed by atoms with E-state index in [0.29, 0.717) is 0 Å². The lowest BCUT2D eigenvalue weighted by Gasteiger charge is -2.22. The molecule has 1 saturated heterocycles. The van der Waals surface area contributed by atoms with Crippen molar-refractivity contribution in [3.05, 3.63) is 29.8 Å². The normalized spacial score (nSPS) is 20.2. The molecule has 1 fully saturated rings. The lowest BCUT2D eigenvalue weighted by molar-refractivity contribution is -0.0910. The van der Waals surface area contributed by atoms with Crippen molar-refractivity contribution in [1.82, 2.24) is 0 Å². The predicted molar refractivity (Wildman–Crippen MR) is 66.5 cm³/mol. The van der Waals surface area contributed by atoms with Gasteiger partial charge in [0, 0.05) is 0 Å². The summed E-state index contributed by atoms with van der Waals surface area (Å²) in [6.07, 6.45) is 3.55. The van der Waals surface area contributed by atoms with E-state index in [1.165, 1.54) is 5.56 Å². The number of hydrogen-bond acceptors (Lipinski definition) is 3. The van der Waals surface area contributed by atoms with Gasteiger partial charge >= 0.3 is 0 Å². The number of methoxy groups -OCH3 is 1. The van der Waals surface area contributed by atoms with Gasteiger partial charge in [0.2, 0.25) is 0 Å². The molecule has 0 aromatic heterocycles. The van der Waals surface area contributed by atoms with Crippen LogP contribution < -0.4 is 4.74 Å². The zero-order valence-corrected chi connectivity index (χ0v) is 10.4. The highest BCUT2D eigenvalue weighted by Gasteiger charge is 2.13. The van der Waals surface area contributed by atoms with E-state index in [0.717, 1.165) is 44.8 Å². The number of ether oxygens (including phenoxy) is 3. The molecule has 1 aliphatic rings. The van der Waals surface area contributed by atoms with Gasteiger partial charge in [-0.05, 0) is 37.0 Å². The Morgan fingerprint density at radius 1 is 1.35 bits per heavy atom. The summed E-state index contributed by atoms with van der Waals surface area (Å²) < 4.78 is 16.2. The van der Waals surface area contributed by atoms with Crippen LogP contribution in [0.4, 0.5) is 0 Å². The first-order valence-corrected chi connectivity index (χ1v) is 6.21. The fourth-order valence-corrected chi connectivity index (χ4v) is 2.07. The van der Waals surface area contributed by atoms with Gasteiger partial charge in [-0.2, -0.15) is 0 Å². The molecule has 1 atom stereocenters. The maximum Gasteiger partial charge on any atom is 0.119 e. The van der Waals surface area contributed by atoms with Gasteiger partial charge in [0.15, 0.2) is 0 Å². The maximum absolute atomic E-state index is 5.61. The Morgan fingerprint density at radius 3 is 3.06 bits per heavy atom. The summed E-state index contributed by atoms with van der Waals surface area (Å²) in [5.41, 5.74) is 1.32. The zero-order valence-electron chi connectivity index (χ0n) is 10.4. The number of hydrogen-bond donors (Lipinski definition) is 0. The standard InChI is InChI=1S/C14H20O3/c1-15-13-6-2-4-12(10-13)5-3-7-14-11-16-8-9-17-14/h2,4,6,10,14H,3,5,7-9,11H2,1H3. The summed E-state index contributed by atoms with van der Waals surface area (Å²) in [5, 5.41) is 0. The summed E-state index contributed by atoms with van der Waals surface area (Å²) in [7, 11) is 1.70. The minimum Gasteiger partial charge on any atom is -0.497 e. The molecule has 0 aliphatic carbocycles. The van der Waals surface area contributed by atoms with E-state index < -0.39 is 0 Å². The van der Waals surface area contributed by atoms with Crippen LogP contribution >= 0.6 is 0 Å². The van der Waals surface area contributed by atoms with E-state index in [4.69, 9.17) is 14.2 Å². The highest BCUT2D eigenvalue weighted by atomic mass is 16.6. The average Bonchev–Trinajstić information content (AvgIpc) is 2.40. The van der Waals surface area contributed by atoms with Crippen molar-refractivity contribution in [2.24, 2.45) is 0 Å². The number of benzene rings is 1. The Hall–Kier alpha value is -1.06. The fourth-order valence-electron chi connectivity index (χ4n) is 2.07. The van der Waals surface area contributed by atoms with Gasteiger partial charge in [-0.15, -0.1) is 0 Å². The van der Waals surface area contributed by atoms with Crippen LogP contribution in [0.1, 0.15) is 18.4 Å². The van der Waals surface area contributed by atoms with Crippen LogP contribution in [0.3, 0.4) is 0 Å². The second kappa shape index (κ2) is 6.62. The predicted octanol–water partition coefficient (Wildman–Crippen LogP) is 2.43. The van der Waals surface area contributed by atoms with Crippen LogP contribution in [0.25, 0.3) is 0 Å². The van der Waals surface area contributed by atoms with E-state index >= 15 is 0 Å². The molecule has 0 N–H and O–H groups in total. The molecule has 0 spiro atoms. The van der Waals surface area contributed by atoms with Crippen molar-refractivity contribution in [2.45, 2.75) is 25.4 Å². The minimum absolute atomic E-state index is 0.286. The first-order chi connectivity index (χ1) is 8.38. The first-order valence-electron chi connectivity index (χ1n) is 6.21. The Morgan fingerprint density at radius 2 is 2.29 bits per heavy atom. The summed E-state index contributed by atoms with van der Waals surface area (Å²) in [6, 6.07) is 8.24. The van der Waals surface area contributed by atoms with Gasteiger partial charge in [0.1, 0.15) is 5.75 Å². The molecule has 94 valence electrons. The third-order valence-electron chi connectivity index (χ3n) is 3.01. The van der Waals surface area contributed by atoms with Crippen molar-refractivity contribution in [3.8, 4) is 5.75 Å². The molecule has 1 aromatic carbocycles. The van der Waals surface area contributed by atoms with Gasteiger partial charge in [0.25, 0.3) is 0 Å². The quantitative estimate of drug-likeness (QED) is 0.786. The summed E-state index contributed by atoms with van der Waals surface area (Å²) >= 11 is 0. The van der Waals surface area contributed by atoms with Crippen LogP contribution in [0.15, 0.2) is 24.3 Å².